The van der Waals surface area contributed by atoms with Gasteiger partial charge in [0.1, 0.15) is 24.3 Å². The zero-order chi connectivity index (χ0) is 35.9. The molecule has 0 unspecified atom stereocenters. The lowest BCUT2D eigenvalue weighted by molar-refractivity contribution is -0.141. The fourth-order valence-electron chi connectivity index (χ4n) is 5.22. The number of ether oxygens (including phenoxy) is 3. The third-order valence-corrected chi connectivity index (χ3v) is 12.2. The highest BCUT2D eigenvalue weighted by Crippen LogP contribution is 2.47. The molecule has 0 spiro atoms. The van der Waals surface area contributed by atoms with Gasteiger partial charge in [0.15, 0.2) is 0 Å². The number of sulfonamides is 2. The molecular weight excluding hydrogens is 701 g/mol. The average Bonchev–Trinajstić information content (AvgIpc) is 3.13. The average molecular weight is 735 g/mol. The van der Waals surface area contributed by atoms with Gasteiger partial charge in [0.25, 0.3) is 20.0 Å². The maximum absolute atomic E-state index is 14.4. The van der Waals surface area contributed by atoms with E-state index in [-0.39, 0.29) is 27.8 Å². The van der Waals surface area contributed by atoms with Crippen molar-refractivity contribution in [1.29, 1.82) is 0 Å². The summed E-state index contributed by atoms with van der Waals surface area (Å²) in [4.78, 5) is 26.0. The third kappa shape index (κ3) is 7.57. The molecule has 0 atom stereocenters. The fourth-order valence-corrected chi connectivity index (χ4v) is 9.16. The molecule has 0 saturated heterocycles. The molecule has 5 aromatic carbocycles. The van der Waals surface area contributed by atoms with Gasteiger partial charge in [0.05, 0.1) is 48.5 Å². The first kappa shape index (κ1) is 36.2. The lowest BCUT2D eigenvalue weighted by Crippen LogP contribution is -2.37. The van der Waals surface area contributed by atoms with Crippen LogP contribution in [-0.2, 0) is 34.4 Å². The minimum Gasteiger partial charge on any atom is -0.497 e. The van der Waals surface area contributed by atoms with Gasteiger partial charge >= 0.3 is 5.97 Å². The maximum atomic E-state index is 14.4. The molecule has 0 fully saturated rings. The molecule has 0 aliphatic carbocycles. The van der Waals surface area contributed by atoms with Gasteiger partial charge in [-0.2, -0.15) is 0 Å². The normalized spacial score (nSPS) is 11.5. The van der Waals surface area contributed by atoms with E-state index in [2.05, 4.69) is 0 Å². The van der Waals surface area contributed by atoms with E-state index in [1.165, 1.54) is 80.6 Å². The fraction of sp³-hybridized carbons (Fsp3) is 0.167. The van der Waals surface area contributed by atoms with Gasteiger partial charge in [-0.1, -0.05) is 54.2 Å². The maximum Gasteiger partial charge on any atom is 0.326 e. The molecule has 0 saturated carbocycles. The summed E-state index contributed by atoms with van der Waals surface area (Å²) in [5, 5.41) is 0.628. The van der Waals surface area contributed by atoms with E-state index in [9.17, 15) is 26.4 Å². The van der Waals surface area contributed by atoms with Crippen molar-refractivity contribution >= 4 is 66.2 Å². The molecule has 0 amide bonds. The standard InChI is InChI=1S/C36H34N2O9S3/c1-4-47-35(40)25-38(50(43,44)30-20-16-27(46-3)17-21-30)33-24-34(48-28-10-6-5-7-11-28)36(32-13-9-8-12-31(32)33)37(22-23-39)49(41,42)29-18-14-26(45-2)15-19-29/h5-21,23-24H,4,22,25H2,1-3H3. The highest BCUT2D eigenvalue weighted by atomic mass is 32.2. The molecule has 11 nitrogen and oxygen atoms in total. The van der Waals surface area contributed by atoms with Crippen LogP contribution in [0.3, 0.4) is 0 Å². The highest BCUT2D eigenvalue weighted by Gasteiger charge is 2.34. The number of anilines is 2. The van der Waals surface area contributed by atoms with Crippen LogP contribution in [0.2, 0.25) is 0 Å². The second-order valence-corrected chi connectivity index (χ2v) is 15.4. The Morgan fingerprint density at radius 3 is 1.76 bits per heavy atom. The topological polar surface area (TPSA) is 137 Å². The second-order valence-electron chi connectivity index (χ2n) is 10.6. The number of hydrogen-bond acceptors (Lipinski definition) is 10. The van der Waals surface area contributed by atoms with Crippen LogP contribution in [0.4, 0.5) is 11.4 Å². The van der Waals surface area contributed by atoms with E-state index in [1.54, 1.807) is 31.2 Å². The van der Waals surface area contributed by atoms with Gasteiger partial charge in [-0.25, -0.2) is 16.8 Å². The largest absolute Gasteiger partial charge is 0.497 e. The number of methoxy groups -OCH3 is 2. The van der Waals surface area contributed by atoms with Crippen molar-refractivity contribution in [3.8, 4) is 11.5 Å². The molecular formula is C36H34N2O9S3. The molecule has 0 aliphatic heterocycles. The first-order valence-electron chi connectivity index (χ1n) is 15.3. The Labute approximate surface area is 295 Å². The Bertz CT molecular complexity index is 2190. The van der Waals surface area contributed by atoms with Crippen LogP contribution in [0.5, 0.6) is 11.5 Å². The van der Waals surface area contributed by atoms with Crippen molar-refractivity contribution in [2.75, 3.05) is 42.5 Å². The van der Waals surface area contributed by atoms with Crippen LogP contribution in [0.1, 0.15) is 6.92 Å². The van der Waals surface area contributed by atoms with E-state index in [0.29, 0.717) is 38.3 Å². The minimum atomic E-state index is -4.43. The number of nitrogens with zero attached hydrogens (tertiary/aromatic N) is 2. The predicted molar refractivity (Wildman–Crippen MR) is 192 cm³/mol. The predicted octanol–water partition coefficient (Wildman–Crippen LogP) is 6.16. The van der Waals surface area contributed by atoms with E-state index in [0.717, 1.165) is 8.61 Å². The van der Waals surface area contributed by atoms with Crippen LogP contribution in [0.15, 0.2) is 129 Å². The molecule has 0 heterocycles. The first-order valence-corrected chi connectivity index (χ1v) is 19.0. The quantitative estimate of drug-likeness (QED) is 0.0909. The van der Waals surface area contributed by atoms with Crippen molar-refractivity contribution in [1.82, 2.24) is 0 Å². The van der Waals surface area contributed by atoms with Gasteiger partial charge in [-0.15, -0.1) is 0 Å². The summed E-state index contributed by atoms with van der Waals surface area (Å²) in [6.07, 6.45) is 0.488. The molecule has 0 aliphatic rings. The zero-order valence-electron chi connectivity index (χ0n) is 27.4. The Morgan fingerprint density at radius 2 is 1.24 bits per heavy atom. The molecule has 14 heteroatoms. The smallest absolute Gasteiger partial charge is 0.326 e. The Kier molecular flexibility index (Phi) is 11.3. The summed E-state index contributed by atoms with van der Waals surface area (Å²) in [7, 11) is -5.88. The molecule has 0 bridgehead atoms. The summed E-state index contributed by atoms with van der Waals surface area (Å²) in [5.74, 6) is 0.0889. The van der Waals surface area contributed by atoms with Crippen LogP contribution in [-0.4, -0.2) is 63.0 Å². The van der Waals surface area contributed by atoms with E-state index >= 15 is 0 Å². The van der Waals surface area contributed by atoms with E-state index in [1.807, 2.05) is 30.3 Å². The van der Waals surface area contributed by atoms with E-state index < -0.39 is 39.1 Å². The lowest BCUT2D eigenvalue weighted by Gasteiger charge is -2.30. The molecule has 5 rings (SSSR count). The number of hydrogen-bond donors (Lipinski definition) is 0. The van der Waals surface area contributed by atoms with Gasteiger partial charge in [-0.05, 0) is 73.7 Å². The number of esters is 1. The minimum absolute atomic E-state index is 0.0218. The Balaban J connectivity index is 1.82. The summed E-state index contributed by atoms with van der Waals surface area (Å²) >= 11 is 1.18. The van der Waals surface area contributed by atoms with Crippen LogP contribution in [0.25, 0.3) is 10.8 Å². The molecule has 0 radical (unpaired) electrons. The van der Waals surface area contributed by atoms with Gasteiger partial charge in [0, 0.05) is 20.6 Å². The van der Waals surface area contributed by atoms with Gasteiger partial charge < -0.3 is 19.0 Å². The summed E-state index contributed by atoms with van der Waals surface area (Å²) in [6.45, 7) is 0.414. The molecule has 5 aromatic rings. The third-order valence-electron chi connectivity index (χ3n) is 7.56. The lowest BCUT2D eigenvalue weighted by atomic mass is 10.1. The number of fused-ring (bicyclic) bond motifs is 1. The first-order chi connectivity index (χ1) is 24.0. The number of rotatable bonds is 15. The van der Waals surface area contributed by atoms with Crippen molar-refractivity contribution in [3.05, 3.63) is 109 Å². The molecule has 0 aromatic heterocycles. The van der Waals surface area contributed by atoms with Crippen molar-refractivity contribution in [2.24, 2.45) is 0 Å². The van der Waals surface area contributed by atoms with Crippen LogP contribution in [0, 0.1) is 0 Å². The second kappa shape index (κ2) is 15.7. The summed E-state index contributed by atoms with van der Waals surface area (Å²) < 4.78 is 75.1. The van der Waals surface area contributed by atoms with E-state index in [4.69, 9.17) is 14.2 Å². The molecule has 0 N–H and O–H groups in total. The monoisotopic (exact) mass is 734 g/mol. The Morgan fingerprint density at radius 1 is 0.720 bits per heavy atom. The van der Waals surface area contributed by atoms with Gasteiger partial charge in [0.2, 0.25) is 0 Å². The number of carbonyl (C=O) groups is 2. The highest BCUT2D eigenvalue weighted by molar-refractivity contribution is 7.99. The Hall–Kier alpha value is -5.05. The number of carbonyl (C=O) groups excluding carboxylic acids is 2. The van der Waals surface area contributed by atoms with Crippen LogP contribution < -0.4 is 18.1 Å². The van der Waals surface area contributed by atoms with Crippen LogP contribution >= 0.6 is 11.8 Å². The SMILES string of the molecule is CCOC(=O)CN(c1cc(Sc2ccccc2)c(N(CC=O)S(=O)(=O)c2ccc(OC)cc2)c2ccccc12)S(=O)(=O)c1ccc(OC)cc1. The summed E-state index contributed by atoms with van der Waals surface area (Å²) in [5.41, 5.74) is 0.249. The van der Waals surface area contributed by atoms with Crippen molar-refractivity contribution in [2.45, 2.75) is 26.5 Å². The number of benzene rings is 5. The molecule has 260 valence electrons. The van der Waals surface area contributed by atoms with Gasteiger partial charge in [-0.3, -0.25) is 13.4 Å². The van der Waals surface area contributed by atoms with Crippen molar-refractivity contribution < 1.29 is 40.6 Å². The summed E-state index contributed by atoms with van der Waals surface area (Å²) in [6, 6.07) is 28.7. The zero-order valence-corrected chi connectivity index (χ0v) is 29.8. The number of aldehydes is 1. The molecule has 50 heavy (non-hydrogen) atoms. The van der Waals surface area contributed by atoms with Crippen molar-refractivity contribution in [3.63, 3.8) is 0 Å².